The van der Waals surface area contributed by atoms with Gasteiger partial charge in [-0.2, -0.15) is 10.1 Å². The van der Waals surface area contributed by atoms with E-state index in [0.29, 0.717) is 11.8 Å². The first-order valence-electron chi connectivity index (χ1n) is 7.08. The van der Waals surface area contributed by atoms with Crippen LogP contribution in [0, 0.1) is 6.92 Å². The summed E-state index contributed by atoms with van der Waals surface area (Å²) in [5.74, 6) is 1.92. The smallest absolute Gasteiger partial charge is 0.244 e. The zero-order valence-electron chi connectivity index (χ0n) is 12.7. The van der Waals surface area contributed by atoms with E-state index in [9.17, 15) is 0 Å². The van der Waals surface area contributed by atoms with Gasteiger partial charge in [0.1, 0.15) is 5.75 Å². The molecular weight excluding hydrogens is 266 g/mol. The molecule has 0 amide bonds. The Hall–Kier alpha value is -2.37. The zero-order chi connectivity index (χ0) is 15.1. The van der Waals surface area contributed by atoms with Crippen molar-refractivity contribution >= 4 is 17.5 Å². The lowest BCUT2D eigenvalue weighted by Gasteiger charge is -2.11. The second-order valence-corrected chi connectivity index (χ2v) is 4.77. The summed E-state index contributed by atoms with van der Waals surface area (Å²) in [6.07, 6.45) is 3.79. The minimum absolute atomic E-state index is 0.528. The first-order valence-corrected chi connectivity index (χ1v) is 7.08. The molecule has 0 bridgehead atoms. The van der Waals surface area contributed by atoms with Gasteiger partial charge in [0, 0.05) is 6.54 Å². The van der Waals surface area contributed by atoms with Crippen molar-refractivity contribution in [1.82, 2.24) is 15.2 Å². The van der Waals surface area contributed by atoms with Gasteiger partial charge in [0.15, 0.2) is 5.82 Å². The topological polar surface area (TPSA) is 72.0 Å². The highest BCUT2D eigenvalue weighted by atomic mass is 16.5. The van der Waals surface area contributed by atoms with Gasteiger partial charge in [-0.05, 0) is 31.0 Å². The Labute approximate surface area is 125 Å². The predicted molar refractivity (Wildman–Crippen MR) is 84.2 cm³/mol. The minimum atomic E-state index is 0.528. The number of hydrogen-bond acceptors (Lipinski definition) is 6. The molecule has 1 heterocycles. The third-order valence-electron chi connectivity index (χ3n) is 2.99. The molecule has 6 nitrogen and oxygen atoms in total. The number of nitrogens with zero attached hydrogens (tertiary/aromatic N) is 3. The molecule has 0 unspecified atom stereocenters. The molecule has 2 rings (SSSR count). The number of anilines is 3. The summed E-state index contributed by atoms with van der Waals surface area (Å²) in [6.45, 7) is 5.01. The summed E-state index contributed by atoms with van der Waals surface area (Å²) >= 11 is 0. The molecule has 0 atom stereocenters. The van der Waals surface area contributed by atoms with E-state index in [-0.39, 0.29) is 0 Å². The minimum Gasteiger partial charge on any atom is -0.495 e. The largest absolute Gasteiger partial charge is 0.495 e. The first-order chi connectivity index (χ1) is 10.2. The Morgan fingerprint density at radius 1 is 1.29 bits per heavy atom. The van der Waals surface area contributed by atoms with Crippen LogP contribution in [0.25, 0.3) is 0 Å². The fourth-order valence-corrected chi connectivity index (χ4v) is 1.87. The normalized spacial score (nSPS) is 10.2. The quantitative estimate of drug-likeness (QED) is 0.762. The molecule has 2 aromatic rings. The standard InChI is InChI=1S/C15H21N5O/c1-4-5-8-16-15-19-14(10-17-20-15)18-12-9-11(2)6-7-13(12)21-3/h6-7,9-10H,4-5,8H2,1-3H3,(H2,16,18,19,20). The van der Waals surface area contributed by atoms with Crippen molar-refractivity contribution in [3.63, 3.8) is 0 Å². The van der Waals surface area contributed by atoms with Gasteiger partial charge in [-0.3, -0.25) is 0 Å². The van der Waals surface area contributed by atoms with E-state index < -0.39 is 0 Å². The molecule has 0 fully saturated rings. The Morgan fingerprint density at radius 3 is 2.90 bits per heavy atom. The van der Waals surface area contributed by atoms with Crippen LogP contribution in [0.3, 0.4) is 0 Å². The van der Waals surface area contributed by atoms with Crippen LogP contribution < -0.4 is 15.4 Å². The van der Waals surface area contributed by atoms with E-state index in [1.807, 2.05) is 25.1 Å². The second-order valence-electron chi connectivity index (χ2n) is 4.77. The van der Waals surface area contributed by atoms with E-state index in [2.05, 4.69) is 32.7 Å². The summed E-state index contributed by atoms with van der Waals surface area (Å²) in [5, 5.41) is 14.3. The Balaban J connectivity index is 2.12. The van der Waals surface area contributed by atoms with Gasteiger partial charge >= 0.3 is 0 Å². The maximum absolute atomic E-state index is 5.34. The molecule has 1 aromatic heterocycles. The molecule has 21 heavy (non-hydrogen) atoms. The average molecular weight is 287 g/mol. The molecular formula is C15H21N5O. The van der Waals surface area contributed by atoms with Gasteiger partial charge in [0.05, 0.1) is 19.0 Å². The molecule has 0 saturated heterocycles. The van der Waals surface area contributed by atoms with Gasteiger partial charge < -0.3 is 15.4 Å². The third kappa shape index (κ3) is 4.30. The average Bonchev–Trinajstić information content (AvgIpc) is 2.48. The lowest BCUT2D eigenvalue weighted by molar-refractivity contribution is 0.416. The van der Waals surface area contributed by atoms with Crippen LogP contribution in [-0.4, -0.2) is 28.8 Å². The van der Waals surface area contributed by atoms with Crippen LogP contribution >= 0.6 is 0 Å². The fraction of sp³-hybridized carbons (Fsp3) is 0.400. The first kappa shape index (κ1) is 15.0. The monoisotopic (exact) mass is 287 g/mol. The van der Waals surface area contributed by atoms with Crippen LogP contribution in [0.2, 0.25) is 0 Å². The summed E-state index contributed by atoms with van der Waals surface area (Å²) in [6, 6.07) is 5.93. The molecule has 0 saturated carbocycles. The van der Waals surface area contributed by atoms with Crippen molar-refractivity contribution < 1.29 is 4.74 Å². The molecule has 6 heteroatoms. The van der Waals surface area contributed by atoms with Crippen LogP contribution in [-0.2, 0) is 0 Å². The lowest BCUT2D eigenvalue weighted by Crippen LogP contribution is -2.07. The number of aromatic nitrogens is 3. The van der Waals surface area contributed by atoms with Crippen molar-refractivity contribution in [2.45, 2.75) is 26.7 Å². The molecule has 112 valence electrons. The van der Waals surface area contributed by atoms with E-state index in [1.165, 1.54) is 0 Å². The summed E-state index contributed by atoms with van der Waals surface area (Å²) < 4.78 is 5.34. The number of benzene rings is 1. The van der Waals surface area contributed by atoms with Crippen LogP contribution in [0.15, 0.2) is 24.4 Å². The lowest BCUT2D eigenvalue weighted by atomic mass is 10.2. The Bertz CT molecular complexity index is 588. The maximum Gasteiger partial charge on any atom is 0.244 e. The Kier molecular flexibility index (Phi) is 5.31. The van der Waals surface area contributed by atoms with Crippen LogP contribution in [0.1, 0.15) is 25.3 Å². The molecule has 0 aliphatic carbocycles. The fourth-order valence-electron chi connectivity index (χ4n) is 1.87. The van der Waals surface area contributed by atoms with Crippen molar-refractivity contribution in [3.8, 4) is 5.75 Å². The summed E-state index contributed by atoms with van der Waals surface area (Å²) in [5.41, 5.74) is 2.00. The molecule has 0 aliphatic rings. The van der Waals surface area contributed by atoms with Crippen molar-refractivity contribution in [2.75, 3.05) is 24.3 Å². The number of unbranched alkanes of at least 4 members (excludes halogenated alkanes) is 1. The number of hydrogen-bond donors (Lipinski definition) is 2. The number of aryl methyl sites for hydroxylation is 1. The molecule has 0 aliphatic heterocycles. The number of nitrogens with one attached hydrogen (secondary N) is 2. The predicted octanol–water partition coefficient (Wildman–Crippen LogP) is 3.14. The van der Waals surface area contributed by atoms with Crippen molar-refractivity contribution in [1.29, 1.82) is 0 Å². The molecule has 0 spiro atoms. The van der Waals surface area contributed by atoms with E-state index in [4.69, 9.17) is 4.74 Å². The SMILES string of the molecule is CCCCNc1nncc(Nc2cc(C)ccc2OC)n1. The van der Waals surface area contributed by atoms with E-state index >= 15 is 0 Å². The van der Waals surface area contributed by atoms with Gasteiger partial charge in [-0.25, -0.2) is 0 Å². The van der Waals surface area contributed by atoms with E-state index in [0.717, 1.165) is 36.4 Å². The highest BCUT2D eigenvalue weighted by Crippen LogP contribution is 2.27. The van der Waals surface area contributed by atoms with E-state index in [1.54, 1.807) is 13.3 Å². The molecule has 2 N–H and O–H groups in total. The van der Waals surface area contributed by atoms with Gasteiger partial charge in [0.25, 0.3) is 0 Å². The number of rotatable bonds is 7. The zero-order valence-corrected chi connectivity index (χ0v) is 12.7. The maximum atomic E-state index is 5.34. The van der Waals surface area contributed by atoms with Gasteiger partial charge in [-0.15, -0.1) is 5.10 Å². The summed E-state index contributed by atoms with van der Waals surface area (Å²) in [4.78, 5) is 4.39. The Morgan fingerprint density at radius 2 is 2.14 bits per heavy atom. The summed E-state index contributed by atoms with van der Waals surface area (Å²) in [7, 11) is 1.64. The molecule has 0 radical (unpaired) electrons. The number of methoxy groups -OCH3 is 1. The van der Waals surface area contributed by atoms with Crippen LogP contribution in [0.5, 0.6) is 5.75 Å². The number of ether oxygens (including phenoxy) is 1. The van der Waals surface area contributed by atoms with Crippen LogP contribution in [0.4, 0.5) is 17.5 Å². The van der Waals surface area contributed by atoms with Crippen molar-refractivity contribution in [3.05, 3.63) is 30.0 Å². The highest BCUT2D eigenvalue weighted by molar-refractivity contribution is 5.65. The second kappa shape index (κ2) is 7.42. The van der Waals surface area contributed by atoms with Crippen molar-refractivity contribution in [2.24, 2.45) is 0 Å². The molecule has 1 aromatic carbocycles. The highest BCUT2D eigenvalue weighted by Gasteiger charge is 2.06. The van der Waals surface area contributed by atoms with Gasteiger partial charge in [-0.1, -0.05) is 19.4 Å². The van der Waals surface area contributed by atoms with Gasteiger partial charge in [0.2, 0.25) is 5.95 Å². The third-order valence-corrected chi connectivity index (χ3v) is 2.99.